The Morgan fingerprint density at radius 1 is 1.17 bits per heavy atom. The molecule has 3 heteroatoms. The minimum atomic E-state index is -0.571. The smallest absolute Gasteiger partial charge is 0.114 e. The number of hydrogen-bond donors (Lipinski definition) is 1. The third-order valence-corrected chi connectivity index (χ3v) is 4.20. The van der Waals surface area contributed by atoms with Crippen LogP contribution in [-0.2, 0) is 0 Å². The number of nitrogens with zero attached hydrogens (tertiary/aromatic N) is 1. The highest BCUT2D eigenvalue weighted by atomic mass is 32.1. The van der Waals surface area contributed by atoms with Gasteiger partial charge in [-0.15, -0.1) is 11.3 Å². The van der Waals surface area contributed by atoms with Crippen molar-refractivity contribution in [3.8, 4) is 0 Å². The number of benzene rings is 1. The fraction of sp³-hybridized carbons (Fsp3) is 0.133. The molecule has 0 bridgehead atoms. The fourth-order valence-corrected chi connectivity index (χ4v) is 3.10. The summed E-state index contributed by atoms with van der Waals surface area (Å²) in [6.45, 7) is 2.03. The highest BCUT2D eigenvalue weighted by Crippen LogP contribution is 2.32. The summed E-state index contributed by atoms with van der Waals surface area (Å²) in [6, 6.07) is 11.8. The van der Waals surface area contributed by atoms with Crippen molar-refractivity contribution >= 4 is 22.2 Å². The Balaban J connectivity index is 2.18. The van der Waals surface area contributed by atoms with Crippen LogP contribution in [0.5, 0.6) is 0 Å². The predicted molar refractivity (Wildman–Crippen MR) is 74.9 cm³/mol. The maximum absolute atomic E-state index is 10.5. The third kappa shape index (κ3) is 1.82. The van der Waals surface area contributed by atoms with E-state index >= 15 is 0 Å². The predicted octanol–water partition coefficient (Wildman–Crippen LogP) is 3.69. The molecule has 0 radical (unpaired) electrons. The zero-order chi connectivity index (χ0) is 12.5. The van der Waals surface area contributed by atoms with E-state index in [0.29, 0.717) is 0 Å². The average Bonchev–Trinajstić information content (AvgIpc) is 2.83. The van der Waals surface area contributed by atoms with E-state index in [1.165, 1.54) is 0 Å². The van der Waals surface area contributed by atoms with Crippen LogP contribution in [-0.4, -0.2) is 10.1 Å². The van der Waals surface area contributed by atoms with E-state index in [2.05, 4.69) is 4.98 Å². The summed E-state index contributed by atoms with van der Waals surface area (Å²) < 4.78 is 0. The van der Waals surface area contributed by atoms with E-state index in [1.54, 1.807) is 17.5 Å². The van der Waals surface area contributed by atoms with Crippen molar-refractivity contribution in [2.24, 2.45) is 0 Å². The number of thiophene rings is 1. The Bertz CT molecular complexity index is 684. The van der Waals surface area contributed by atoms with Crippen molar-refractivity contribution in [3.63, 3.8) is 0 Å². The van der Waals surface area contributed by atoms with E-state index in [9.17, 15) is 5.11 Å². The van der Waals surface area contributed by atoms with E-state index in [-0.39, 0.29) is 0 Å². The summed E-state index contributed by atoms with van der Waals surface area (Å²) in [5.41, 5.74) is 2.97. The normalized spacial score (nSPS) is 12.8. The van der Waals surface area contributed by atoms with Crippen LogP contribution in [0.15, 0.2) is 48.0 Å². The van der Waals surface area contributed by atoms with Crippen LogP contribution >= 0.6 is 11.3 Å². The van der Waals surface area contributed by atoms with Crippen molar-refractivity contribution < 1.29 is 5.11 Å². The van der Waals surface area contributed by atoms with Crippen LogP contribution in [0.4, 0.5) is 0 Å². The molecule has 90 valence electrons. The van der Waals surface area contributed by atoms with Crippen LogP contribution in [0.25, 0.3) is 10.9 Å². The molecule has 2 heterocycles. The van der Waals surface area contributed by atoms with E-state index < -0.39 is 6.10 Å². The first-order valence-corrected chi connectivity index (χ1v) is 6.71. The number of fused-ring (bicyclic) bond motifs is 1. The standard InChI is InChI=1S/C15H13NOS/c1-10-7-9-18-15(10)14(17)12-4-2-6-13-11(12)5-3-8-16-13/h2-9,14,17H,1H3. The van der Waals surface area contributed by atoms with Gasteiger partial charge in [0.15, 0.2) is 0 Å². The molecule has 0 saturated heterocycles. The van der Waals surface area contributed by atoms with Gasteiger partial charge in [-0.25, -0.2) is 0 Å². The lowest BCUT2D eigenvalue weighted by atomic mass is 10.0. The lowest BCUT2D eigenvalue weighted by molar-refractivity contribution is 0.225. The molecule has 2 aromatic heterocycles. The first kappa shape index (κ1) is 11.4. The average molecular weight is 255 g/mol. The molecule has 1 N–H and O–H groups in total. The lowest BCUT2D eigenvalue weighted by Crippen LogP contribution is -2.00. The highest BCUT2D eigenvalue weighted by Gasteiger charge is 2.16. The minimum Gasteiger partial charge on any atom is -0.383 e. The summed E-state index contributed by atoms with van der Waals surface area (Å²) >= 11 is 1.59. The zero-order valence-corrected chi connectivity index (χ0v) is 10.8. The Hall–Kier alpha value is -1.71. The fourth-order valence-electron chi connectivity index (χ4n) is 2.17. The number of aliphatic hydroxyl groups is 1. The molecule has 18 heavy (non-hydrogen) atoms. The quantitative estimate of drug-likeness (QED) is 0.757. The van der Waals surface area contributed by atoms with Gasteiger partial charge in [0.25, 0.3) is 0 Å². The molecular weight excluding hydrogens is 242 g/mol. The van der Waals surface area contributed by atoms with Crippen molar-refractivity contribution in [1.29, 1.82) is 0 Å². The van der Waals surface area contributed by atoms with E-state index in [4.69, 9.17) is 0 Å². The van der Waals surface area contributed by atoms with Gasteiger partial charge in [0, 0.05) is 16.5 Å². The SMILES string of the molecule is Cc1ccsc1C(O)c1cccc2ncccc12. The van der Waals surface area contributed by atoms with Gasteiger partial charge in [0.2, 0.25) is 0 Å². The largest absolute Gasteiger partial charge is 0.383 e. The maximum Gasteiger partial charge on any atom is 0.114 e. The van der Waals surface area contributed by atoms with Crippen LogP contribution in [0.1, 0.15) is 22.1 Å². The highest BCUT2D eigenvalue weighted by molar-refractivity contribution is 7.10. The number of pyridine rings is 1. The maximum atomic E-state index is 10.5. The molecule has 3 aromatic rings. The van der Waals surface area contributed by atoms with Crippen LogP contribution in [0, 0.1) is 6.92 Å². The zero-order valence-electron chi connectivity index (χ0n) is 10.00. The summed E-state index contributed by atoms with van der Waals surface area (Å²) in [7, 11) is 0. The summed E-state index contributed by atoms with van der Waals surface area (Å²) in [4.78, 5) is 5.33. The molecule has 0 fully saturated rings. The van der Waals surface area contributed by atoms with Gasteiger partial charge in [-0.2, -0.15) is 0 Å². The van der Waals surface area contributed by atoms with Gasteiger partial charge < -0.3 is 5.11 Å². The minimum absolute atomic E-state index is 0.571. The van der Waals surface area contributed by atoms with Crippen LogP contribution < -0.4 is 0 Å². The third-order valence-electron chi connectivity index (χ3n) is 3.12. The van der Waals surface area contributed by atoms with Crippen molar-refractivity contribution in [3.05, 3.63) is 64.0 Å². The number of aliphatic hydroxyl groups excluding tert-OH is 1. The van der Waals surface area contributed by atoms with Gasteiger partial charge in [-0.1, -0.05) is 18.2 Å². The van der Waals surface area contributed by atoms with Gasteiger partial charge in [-0.3, -0.25) is 4.98 Å². The molecule has 2 nitrogen and oxygen atoms in total. The van der Waals surface area contributed by atoms with E-state index in [0.717, 1.165) is 26.9 Å². The monoisotopic (exact) mass is 255 g/mol. The number of rotatable bonds is 2. The summed E-state index contributed by atoms with van der Waals surface area (Å²) in [5, 5.41) is 13.6. The Morgan fingerprint density at radius 2 is 2.06 bits per heavy atom. The molecule has 1 aromatic carbocycles. The van der Waals surface area contributed by atoms with Gasteiger partial charge in [0.05, 0.1) is 5.52 Å². The molecule has 0 amide bonds. The summed E-state index contributed by atoms with van der Waals surface area (Å²) in [5.74, 6) is 0. The molecule has 0 aliphatic carbocycles. The second-order valence-corrected chi connectivity index (χ2v) is 5.24. The molecule has 1 unspecified atom stereocenters. The number of aromatic nitrogens is 1. The van der Waals surface area contributed by atoms with Crippen LogP contribution in [0.3, 0.4) is 0 Å². The molecule has 0 aliphatic heterocycles. The van der Waals surface area contributed by atoms with E-state index in [1.807, 2.05) is 48.7 Å². The first-order chi connectivity index (χ1) is 8.77. The van der Waals surface area contributed by atoms with Crippen molar-refractivity contribution in [2.75, 3.05) is 0 Å². The summed E-state index contributed by atoms with van der Waals surface area (Å²) in [6.07, 6.45) is 1.20. The van der Waals surface area contributed by atoms with Crippen LogP contribution in [0.2, 0.25) is 0 Å². The van der Waals surface area contributed by atoms with Crippen molar-refractivity contribution in [1.82, 2.24) is 4.98 Å². The molecular formula is C15H13NOS. The second kappa shape index (κ2) is 4.52. The first-order valence-electron chi connectivity index (χ1n) is 5.83. The topological polar surface area (TPSA) is 33.1 Å². The Kier molecular flexibility index (Phi) is 2.86. The molecule has 3 rings (SSSR count). The Morgan fingerprint density at radius 3 is 2.83 bits per heavy atom. The van der Waals surface area contributed by atoms with Gasteiger partial charge >= 0.3 is 0 Å². The number of hydrogen-bond acceptors (Lipinski definition) is 3. The molecule has 0 spiro atoms. The molecule has 0 saturated carbocycles. The Labute approximate surface area is 110 Å². The molecule has 0 aliphatic rings. The molecule has 1 atom stereocenters. The lowest BCUT2D eigenvalue weighted by Gasteiger charge is -2.13. The second-order valence-electron chi connectivity index (χ2n) is 4.29. The number of aryl methyl sites for hydroxylation is 1. The van der Waals surface area contributed by atoms with Gasteiger partial charge in [-0.05, 0) is 41.6 Å². The van der Waals surface area contributed by atoms with Crippen molar-refractivity contribution in [2.45, 2.75) is 13.0 Å². The van der Waals surface area contributed by atoms with Gasteiger partial charge in [0.1, 0.15) is 6.10 Å².